The first-order chi connectivity index (χ1) is 7.34. The standard InChI is InChI=1S/C11H17NO3S/c1-6(2)10(8(4)13)12-9(14)5-7(3)16-11(12)15/h6-7,10H,5H2,1-4H3/t7-,10+/m1/s1. The van der Waals surface area contributed by atoms with Crippen LogP contribution in [0.5, 0.6) is 0 Å². The normalized spacial score (nSPS) is 23.8. The van der Waals surface area contributed by atoms with Crippen molar-refractivity contribution >= 4 is 28.7 Å². The van der Waals surface area contributed by atoms with E-state index < -0.39 is 6.04 Å². The lowest BCUT2D eigenvalue weighted by Crippen LogP contribution is -2.52. The third-order valence-electron chi connectivity index (χ3n) is 2.56. The first-order valence-electron chi connectivity index (χ1n) is 5.37. The monoisotopic (exact) mass is 243 g/mol. The minimum absolute atomic E-state index is 0.0102. The van der Waals surface area contributed by atoms with E-state index in [-0.39, 0.29) is 28.1 Å². The van der Waals surface area contributed by atoms with Crippen molar-refractivity contribution in [2.24, 2.45) is 5.92 Å². The molecule has 0 aromatic heterocycles. The van der Waals surface area contributed by atoms with Gasteiger partial charge in [0.15, 0.2) is 5.78 Å². The van der Waals surface area contributed by atoms with Crippen LogP contribution in [0.3, 0.4) is 0 Å². The Morgan fingerprint density at radius 2 is 2.00 bits per heavy atom. The third-order valence-corrected chi connectivity index (χ3v) is 3.52. The molecule has 4 nitrogen and oxygen atoms in total. The SMILES string of the molecule is CC(=O)[C@H](C(C)C)N1C(=O)C[C@@H](C)SC1=O. The van der Waals surface area contributed by atoms with Gasteiger partial charge in [-0.1, -0.05) is 32.5 Å². The van der Waals surface area contributed by atoms with Crippen LogP contribution in [0.15, 0.2) is 0 Å². The highest BCUT2D eigenvalue weighted by Gasteiger charge is 2.39. The van der Waals surface area contributed by atoms with E-state index in [1.165, 1.54) is 6.92 Å². The number of Topliss-reactive ketones (excluding diaryl/α,β-unsaturated/α-hetero) is 1. The number of amides is 2. The van der Waals surface area contributed by atoms with E-state index in [0.29, 0.717) is 6.42 Å². The van der Waals surface area contributed by atoms with Gasteiger partial charge in [-0.3, -0.25) is 19.3 Å². The molecule has 0 radical (unpaired) electrons. The molecule has 0 N–H and O–H groups in total. The topological polar surface area (TPSA) is 54.5 Å². The first kappa shape index (κ1) is 13.2. The largest absolute Gasteiger partial charge is 0.298 e. The van der Waals surface area contributed by atoms with E-state index in [0.717, 1.165) is 16.7 Å². The predicted octanol–water partition coefficient (Wildman–Crippen LogP) is 2.07. The summed E-state index contributed by atoms with van der Waals surface area (Å²) in [6, 6.07) is -0.611. The number of carbonyl (C=O) groups is 3. The zero-order valence-corrected chi connectivity index (χ0v) is 10.8. The highest BCUT2D eigenvalue weighted by Crippen LogP contribution is 2.29. The van der Waals surface area contributed by atoms with Gasteiger partial charge in [0.2, 0.25) is 5.91 Å². The van der Waals surface area contributed by atoms with Crippen LogP contribution in [0.1, 0.15) is 34.1 Å². The lowest BCUT2D eigenvalue weighted by molar-refractivity contribution is -0.136. The van der Waals surface area contributed by atoms with Crippen LogP contribution in [0.25, 0.3) is 0 Å². The molecule has 0 aliphatic carbocycles. The molecule has 1 aliphatic heterocycles. The molecular formula is C11H17NO3S. The molecule has 16 heavy (non-hydrogen) atoms. The van der Waals surface area contributed by atoms with Gasteiger partial charge >= 0.3 is 0 Å². The van der Waals surface area contributed by atoms with E-state index in [2.05, 4.69) is 0 Å². The molecule has 1 saturated heterocycles. The third kappa shape index (κ3) is 2.64. The summed E-state index contributed by atoms with van der Waals surface area (Å²) in [6.07, 6.45) is 0.326. The average molecular weight is 243 g/mol. The number of thioether (sulfide) groups is 1. The van der Waals surface area contributed by atoms with Crippen molar-refractivity contribution in [2.45, 2.75) is 45.4 Å². The van der Waals surface area contributed by atoms with E-state index in [1.54, 1.807) is 0 Å². The van der Waals surface area contributed by atoms with Crippen molar-refractivity contribution in [2.75, 3.05) is 0 Å². The van der Waals surface area contributed by atoms with Crippen molar-refractivity contribution in [3.8, 4) is 0 Å². The second-order valence-electron chi connectivity index (χ2n) is 4.46. The molecule has 1 rings (SSSR count). The van der Waals surface area contributed by atoms with Gasteiger partial charge < -0.3 is 0 Å². The zero-order chi connectivity index (χ0) is 12.5. The fourth-order valence-electron chi connectivity index (χ4n) is 1.93. The van der Waals surface area contributed by atoms with Gasteiger partial charge in [0.25, 0.3) is 5.24 Å². The lowest BCUT2D eigenvalue weighted by atomic mass is 9.98. The van der Waals surface area contributed by atoms with Gasteiger partial charge in [-0.2, -0.15) is 0 Å². The van der Waals surface area contributed by atoms with E-state index in [1.807, 2.05) is 20.8 Å². The average Bonchev–Trinajstić information content (AvgIpc) is 2.09. The van der Waals surface area contributed by atoms with Gasteiger partial charge in [0.05, 0.1) is 0 Å². The van der Waals surface area contributed by atoms with Crippen LogP contribution in [-0.4, -0.2) is 33.1 Å². The molecule has 2 amide bonds. The maximum Gasteiger partial charge on any atom is 0.289 e. The van der Waals surface area contributed by atoms with Crippen molar-refractivity contribution in [1.29, 1.82) is 0 Å². The van der Waals surface area contributed by atoms with Crippen molar-refractivity contribution in [1.82, 2.24) is 4.90 Å². The predicted molar refractivity (Wildman–Crippen MR) is 63.2 cm³/mol. The molecule has 1 fully saturated rings. The Labute approximate surface area is 99.8 Å². The molecule has 0 aromatic rings. The summed E-state index contributed by atoms with van der Waals surface area (Å²) in [5, 5.41) is -0.284. The summed E-state index contributed by atoms with van der Waals surface area (Å²) in [5.74, 6) is -0.406. The van der Waals surface area contributed by atoms with E-state index >= 15 is 0 Å². The minimum Gasteiger partial charge on any atom is -0.298 e. The molecule has 0 unspecified atom stereocenters. The molecule has 0 spiro atoms. The van der Waals surface area contributed by atoms with E-state index in [4.69, 9.17) is 0 Å². The Hall–Kier alpha value is -0.840. The number of hydrogen-bond donors (Lipinski definition) is 0. The molecule has 1 heterocycles. The Balaban J connectivity index is 2.96. The van der Waals surface area contributed by atoms with E-state index in [9.17, 15) is 14.4 Å². The van der Waals surface area contributed by atoms with Crippen molar-refractivity contribution in [3.63, 3.8) is 0 Å². The smallest absolute Gasteiger partial charge is 0.289 e. The summed E-state index contributed by atoms with van der Waals surface area (Å²) in [6.45, 7) is 6.95. The van der Waals surface area contributed by atoms with Crippen LogP contribution in [0.2, 0.25) is 0 Å². The van der Waals surface area contributed by atoms with Crippen LogP contribution >= 0.6 is 11.8 Å². The quantitative estimate of drug-likeness (QED) is 0.761. The molecule has 1 aliphatic rings. The maximum atomic E-state index is 11.8. The van der Waals surface area contributed by atoms with Gasteiger partial charge in [-0.15, -0.1) is 0 Å². The Morgan fingerprint density at radius 3 is 2.38 bits per heavy atom. The molecule has 2 atom stereocenters. The van der Waals surface area contributed by atoms with Gasteiger partial charge in [-0.05, 0) is 12.8 Å². The van der Waals surface area contributed by atoms with Crippen LogP contribution in [0, 0.1) is 5.92 Å². The van der Waals surface area contributed by atoms with Gasteiger partial charge in [0, 0.05) is 11.7 Å². The number of hydrogen-bond acceptors (Lipinski definition) is 4. The second-order valence-corrected chi connectivity index (χ2v) is 5.85. The summed E-state index contributed by atoms with van der Waals surface area (Å²) < 4.78 is 0. The lowest BCUT2D eigenvalue weighted by Gasteiger charge is -2.34. The Kier molecular flexibility index (Phi) is 4.13. The molecule has 0 saturated carbocycles. The summed E-state index contributed by atoms with van der Waals surface area (Å²) in [7, 11) is 0. The summed E-state index contributed by atoms with van der Waals surface area (Å²) >= 11 is 1.13. The summed E-state index contributed by atoms with van der Waals surface area (Å²) in [4.78, 5) is 36.2. The molecule has 0 aromatic carbocycles. The van der Waals surface area contributed by atoms with Crippen molar-refractivity contribution < 1.29 is 14.4 Å². The van der Waals surface area contributed by atoms with Gasteiger partial charge in [-0.25, -0.2) is 0 Å². The molecular weight excluding hydrogens is 226 g/mol. The minimum atomic E-state index is -0.611. The van der Waals surface area contributed by atoms with Crippen molar-refractivity contribution in [3.05, 3.63) is 0 Å². The Bertz CT molecular complexity index is 309. The van der Waals surface area contributed by atoms with Crippen LogP contribution in [-0.2, 0) is 9.59 Å². The molecule has 90 valence electrons. The first-order valence-corrected chi connectivity index (χ1v) is 6.25. The maximum absolute atomic E-state index is 11.8. The van der Waals surface area contributed by atoms with Crippen LogP contribution < -0.4 is 0 Å². The van der Waals surface area contributed by atoms with Gasteiger partial charge in [0.1, 0.15) is 6.04 Å². The summed E-state index contributed by atoms with van der Waals surface area (Å²) in [5.41, 5.74) is 0. The van der Waals surface area contributed by atoms with Crippen LogP contribution in [0.4, 0.5) is 4.79 Å². The number of ketones is 1. The fraction of sp³-hybridized carbons (Fsp3) is 0.727. The highest BCUT2D eigenvalue weighted by atomic mass is 32.2. The molecule has 0 bridgehead atoms. The number of nitrogens with zero attached hydrogens (tertiary/aromatic N) is 1. The molecule has 5 heteroatoms. The fourth-order valence-corrected chi connectivity index (χ4v) is 2.83. The number of carbonyl (C=O) groups excluding carboxylic acids is 3. The Morgan fingerprint density at radius 1 is 1.44 bits per heavy atom. The number of imide groups is 1. The second kappa shape index (κ2) is 4.99. The number of rotatable bonds is 3. The highest BCUT2D eigenvalue weighted by molar-refractivity contribution is 8.14. The zero-order valence-electron chi connectivity index (χ0n) is 10.0.